The quantitative estimate of drug-likeness (QED) is 0.888. The molecule has 1 saturated heterocycles. The van der Waals surface area contributed by atoms with Crippen LogP contribution in [0, 0.1) is 0 Å². The molecule has 1 aliphatic rings. The third-order valence-electron chi connectivity index (χ3n) is 3.10. The Bertz CT molecular complexity index is 554. The Kier molecular flexibility index (Phi) is 4.13. The predicted octanol–water partition coefficient (Wildman–Crippen LogP) is 1.79. The van der Waals surface area contributed by atoms with Crippen LogP contribution in [-0.2, 0) is 11.0 Å². The van der Waals surface area contributed by atoms with Crippen LogP contribution in [0.15, 0.2) is 18.3 Å². The second-order valence-corrected chi connectivity index (χ2v) is 5.68. The first-order chi connectivity index (χ1) is 9.74. The third kappa shape index (κ3) is 3.29. The van der Waals surface area contributed by atoms with Gasteiger partial charge in [-0.2, -0.15) is 24.9 Å². The number of hydrogen-bond acceptors (Lipinski definition) is 4. The molecule has 2 N–H and O–H groups in total. The Morgan fingerprint density at radius 2 is 2.10 bits per heavy atom. The molecular formula is C12H11F3N2O3S. The first-order valence-electron chi connectivity index (χ1n) is 5.91. The lowest BCUT2D eigenvalue weighted by Gasteiger charge is -2.24. The number of halogens is 3. The van der Waals surface area contributed by atoms with Crippen LogP contribution in [0.2, 0.25) is 0 Å². The standard InChI is InChI=1S/C12H11F3N2O3S/c13-12(14,15)8-2-1-7(5-16-8)9(18)17-11(10(19)20)3-4-21-6-11/h1-2,5H,3-4,6H2,(H,17,18)(H,19,20)/t11-/m1/s1. The SMILES string of the molecule is O=C(N[C@]1(C(=O)O)CCSC1)c1ccc(C(F)(F)F)nc1. The molecule has 0 aromatic carbocycles. The van der Waals surface area contributed by atoms with E-state index in [1.54, 1.807) is 0 Å². The maximum Gasteiger partial charge on any atom is 0.433 e. The van der Waals surface area contributed by atoms with Crippen LogP contribution in [0.3, 0.4) is 0 Å². The summed E-state index contributed by atoms with van der Waals surface area (Å²) in [4.78, 5) is 26.4. The van der Waals surface area contributed by atoms with E-state index in [4.69, 9.17) is 0 Å². The minimum atomic E-state index is -4.58. The maximum atomic E-state index is 12.4. The Balaban J connectivity index is 2.15. The number of hydrogen-bond donors (Lipinski definition) is 2. The van der Waals surface area contributed by atoms with E-state index in [1.165, 1.54) is 11.8 Å². The number of thioether (sulfide) groups is 1. The van der Waals surface area contributed by atoms with Crippen LogP contribution in [0.1, 0.15) is 22.5 Å². The van der Waals surface area contributed by atoms with Crippen molar-refractivity contribution < 1.29 is 27.9 Å². The molecular weight excluding hydrogens is 309 g/mol. The number of alkyl halides is 3. The molecule has 0 spiro atoms. The van der Waals surface area contributed by atoms with E-state index in [9.17, 15) is 27.9 Å². The number of rotatable bonds is 3. The van der Waals surface area contributed by atoms with Crippen molar-refractivity contribution in [3.63, 3.8) is 0 Å². The number of amides is 1. The van der Waals surface area contributed by atoms with Gasteiger partial charge in [-0.25, -0.2) is 4.79 Å². The van der Waals surface area contributed by atoms with Crippen LogP contribution in [0.4, 0.5) is 13.2 Å². The average Bonchev–Trinajstić information content (AvgIpc) is 2.88. The highest BCUT2D eigenvalue weighted by atomic mass is 32.2. The number of pyridine rings is 1. The molecule has 5 nitrogen and oxygen atoms in total. The van der Waals surface area contributed by atoms with Crippen LogP contribution in [0.25, 0.3) is 0 Å². The van der Waals surface area contributed by atoms with Gasteiger partial charge in [-0.1, -0.05) is 0 Å². The summed E-state index contributed by atoms with van der Waals surface area (Å²) < 4.78 is 37.1. The van der Waals surface area contributed by atoms with Gasteiger partial charge in [0, 0.05) is 11.9 Å². The second kappa shape index (κ2) is 5.55. The molecule has 0 bridgehead atoms. The predicted molar refractivity (Wildman–Crippen MR) is 69.0 cm³/mol. The molecule has 0 aliphatic carbocycles. The molecule has 1 aromatic heterocycles. The maximum absolute atomic E-state index is 12.4. The summed E-state index contributed by atoms with van der Waals surface area (Å²) in [6, 6.07) is 1.66. The lowest BCUT2D eigenvalue weighted by Crippen LogP contribution is -2.54. The molecule has 2 rings (SSSR count). The van der Waals surface area contributed by atoms with E-state index >= 15 is 0 Å². The van der Waals surface area contributed by atoms with Crippen LogP contribution in [0.5, 0.6) is 0 Å². The molecule has 114 valence electrons. The molecule has 21 heavy (non-hydrogen) atoms. The van der Waals surface area contributed by atoms with Gasteiger partial charge in [-0.05, 0) is 24.3 Å². The zero-order chi connectivity index (χ0) is 15.7. The van der Waals surface area contributed by atoms with Crippen LogP contribution < -0.4 is 5.32 Å². The van der Waals surface area contributed by atoms with Gasteiger partial charge in [0.2, 0.25) is 0 Å². The third-order valence-corrected chi connectivity index (χ3v) is 4.29. The van der Waals surface area contributed by atoms with Crippen molar-refractivity contribution in [2.75, 3.05) is 11.5 Å². The highest BCUT2D eigenvalue weighted by Gasteiger charge is 2.43. The van der Waals surface area contributed by atoms with Gasteiger partial charge in [0.05, 0.1) is 5.56 Å². The summed E-state index contributed by atoms with van der Waals surface area (Å²) in [6.07, 6.45) is -3.53. The molecule has 0 radical (unpaired) electrons. The first kappa shape index (κ1) is 15.6. The number of nitrogens with zero attached hydrogens (tertiary/aromatic N) is 1. The molecule has 0 saturated carbocycles. The highest BCUT2D eigenvalue weighted by Crippen LogP contribution is 2.29. The first-order valence-corrected chi connectivity index (χ1v) is 7.07. The molecule has 2 heterocycles. The van der Waals surface area contributed by atoms with Gasteiger partial charge in [-0.3, -0.25) is 9.78 Å². The summed E-state index contributed by atoms with van der Waals surface area (Å²) >= 11 is 1.39. The van der Waals surface area contributed by atoms with E-state index in [0.29, 0.717) is 11.8 Å². The lowest BCUT2D eigenvalue weighted by atomic mass is 9.98. The number of carboxylic acids is 1. The smallest absolute Gasteiger partial charge is 0.433 e. The van der Waals surface area contributed by atoms with Gasteiger partial charge in [0.15, 0.2) is 0 Å². The fraction of sp³-hybridized carbons (Fsp3) is 0.417. The number of aliphatic carboxylic acids is 1. The zero-order valence-corrected chi connectivity index (χ0v) is 11.4. The number of nitrogens with one attached hydrogen (secondary N) is 1. The molecule has 1 fully saturated rings. The van der Waals surface area contributed by atoms with E-state index in [2.05, 4.69) is 10.3 Å². The van der Waals surface area contributed by atoms with Crippen molar-refractivity contribution in [3.05, 3.63) is 29.6 Å². The topological polar surface area (TPSA) is 79.3 Å². The van der Waals surface area contributed by atoms with Crippen molar-refractivity contribution in [2.45, 2.75) is 18.1 Å². The summed E-state index contributed by atoms with van der Waals surface area (Å²) in [6.45, 7) is 0. The van der Waals surface area contributed by atoms with Crippen molar-refractivity contribution >= 4 is 23.6 Å². The zero-order valence-electron chi connectivity index (χ0n) is 10.6. The molecule has 1 aliphatic heterocycles. The molecule has 1 atom stereocenters. The minimum Gasteiger partial charge on any atom is -0.479 e. The van der Waals surface area contributed by atoms with Crippen molar-refractivity contribution in [1.29, 1.82) is 0 Å². The van der Waals surface area contributed by atoms with Gasteiger partial charge in [0.1, 0.15) is 11.2 Å². The number of carbonyl (C=O) groups is 2. The normalized spacial score (nSPS) is 22.0. The Morgan fingerprint density at radius 3 is 2.52 bits per heavy atom. The summed E-state index contributed by atoms with van der Waals surface area (Å²) in [5, 5.41) is 11.6. The minimum absolute atomic E-state index is 0.111. The fourth-order valence-corrected chi connectivity index (χ4v) is 3.20. The summed E-state index contributed by atoms with van der Waals surface area (Å²) in [7, 11) is 0. The average molecular weight is 320 g/mol. The number of carbonyl (C=O) groups excluding carboxylic acids is 1. The van der Waals surface area contributed by atoms with Gasteiger partial charge in [-0.15, -0.1) is 0 Å². The number of aromatic nitrogens is 1. The van der Waals surface area contributed by atoms with Crippen molar-refractivity contribution in [1.82, 2.24) is 10.3 Å². The molecule has 1 amide bonds. The highest BCUT2D eigenvalue weighted by molar-refractivity contribution is 7.99. The molecule has 9 heteroatoms. The van der Waals surface area contributed by atoms with Gasteiger partial charge < -0.3 is 10.4 Å². The number of carboxylic acid groups (broad SMARTS) is 1. The van der Waals surface area contributed by atoms with E-state index < -0.39 is 29.3 Å². The lowest BCUT2D eigenvalue weighted by molar-refractivity contribution is -0.143. The Labute approximate surface area is 121 Å². The molecule has 0 unspecified atom stereocenters. The van der Waals surface area contributed by atoms with Crippen LogP contribution in [-0.4, -0.2) is 39.0 Å². The molecule has 1 aromatic rings. The fourth-order valence-electron chi connectivity index (χ4n) is 1.87. The van der Waals surface area contributed by atoms with Crippen molar-refractivity contribution in [2.24, 2.45) is 0 Å². The van der Waals surface area contributed by atoms with Gasteiger partial charge >= 0.3 is 12.1 Å². The van der Waals surface area contributed by atoms with Gasteiger partial charge in [0.25, 0.3) is 5.91 Å². The van der Waals surface area contributed by atoms with E-state index in [1.807, 2.05) is 0 Å². The summed E-state index contributed by atoms with van der Waals surface area (Å²) in [5.74, 6) is -1.08. The van der Waals surface area contributed by atoms with Crippen molar-refractivity contribution in [3.8, 4) is 0 Å². The summed E-state index contributed by atoms with van der Waals surface area (Å²) in [5.41, 5.74) is -2.59. The Morgan fingerprint density at radius 1 is 1.38 bits per heavy atom. The van der Waals surface area contributed by atoms with E-state index in [0.717, 1.165) is 12.3 Å². The van der Waals surface area contributed by atoms with Crippen LogP contribution >= 0.6 is 11.8 Å². The van der Waals surface area contributed by atoms with E-state index in [-0.39, 0.29) is 17.7 Å². The monoisotopic (exact) mass is 320 g/mol. The Hall–Kier alpha value is -1.77. The largest absolute Gasteiger partial charge is 0.479 e. The second-order valence-electron chi connectivity index (χ2n) is 4.57.